The fourth-order valence-electron chi connectivity index (χ4n) is 3.88. The van der Waals surface area contributed by atoms with Crippen LogP contribution in [0.4, 0.5) is 0 Å². The van der Waals surface area contributed by atoms with E-state index in [1.165, 1.54) is 83.6 Å². The molecule has 0 aliphatic heterocycles. The van der Waals surface area contributed by atoms with Crippen LogP contribution in [-0.4, -0.2) is 50.0 Å². The Morgan fingerprint density at radius 2 is 1.17 bits per heavy atom. The highest BCUT2D eigenvalue weighted by Crippen LogP contribution is 2.21. The van der Waals surface area contributed by atoms with Gasteiger partial charge in [0.25, 0.3) is 0 Å². The molecule has 23 heavy (non-hydrogen) atoms. The fraction of sp³-hybridized carbons (Fsp3) is 1.00. The summed E-state index contributed by atoms with van der Waals surface area (Å²) < 4.78 is 12.2. The van der Waals surface area contributed by atoms with Gasteiger partial charge < -0.3 is 9.47 Å². The largest absolute Gasteiger partial charge is 0.377 e. The third-order valence-electron chi connectivity index (χ3n) is 5.45. The van der Waals surface area contributed by atoms with Crippen LogP contribution in [0.5, 0.6) is 0 Å². The van der Waals surface area contributed by atoms with Crippen molar-refractivity contribution in [2.45, 2.75) is 96.2 Å². The van der Waals surface area contributed by atoms with Crippen molar-refractivity contribution in [2.75, 3.05) is 32.8 Å². The van der Waals surface area contributed by atoms with Crippen LogP contribution in [0, 0.1) is 0 Å². The minimum Gasteiger partial charge on any atom is -0.377 e. The molecule has 0 atom stereocenters. The predicted octanol–water partition coefficient (Wildman–Crippen LogP) is 4.79. The van der Waals surface area contributed by atoms with Gasteiger partial charge in [0.15, 0.2) is 0 Å². The molecule has 0 spiro atoms. The maximum absolute atomic E-state index is 6.11. The second kappa shape index (κ2) is 12.3. The molecule has 0 N–H and O–H groups in total. The molecule has 3 heteroatoms. The van der Waals surface area contributed by atoms with Gasteiger partial charge in [0.1, 0.15) is 0 Å². The van der Waals surface area contributed by atoms with Crippen LogP contribution in [0.1, 0.15) is 84.0 Å². The normalized spacial score (nSPS) is 21.1. The van der Waals surface area contributed by atoms with E-state index < -0.39 is 0 Å². The van der Waals surface area contributed by atoms with Crippen molar-refractivity contribution in [2.24, 2.45) is 0 Å². The van der Waals surface area contributed by atoms with Gasteiger partial charge in [-0.25, -0.2) is 0 Å². The summed E-state index contributed by atoms with van der Waals surface area (Å²) in [5.41, 5.74) is 0. The van der Waals surface area contributed by atoms with Gasteiger partial charge in [0, 0.05) is 13.1 Å². The lowest BCUT2D eigenvalue weighted by Crippen LogP contribution is -2.34. The molecule has 2 saturated carbocycles. The van der Waals surface area contributed by atoms with Gasteiger partial charge in [-0.2, -0.15) is 0 Å². The van der Waals surface area contributed by atoms with Gasteiger partial charge in [-0.3, -0.25) is 4.90 Å². The highest BCUT2D eigenvalue weighted by Gasteiger charge is 2.16. The van der Waals surface area contributed by atoms with Crippen LogP contribution >= 0.6 is 0 Å². The van der Waals surface area contributed by atoms with Crippen LogP contribution in [0.2, 0.25) is 0 Å². The molecule has 0 saturated heterocycles. The van der Waals surface area contributed by atoms with Crippen LogP contribution < -0.4 is 0 Å². The number of unbranched alkanes of at least 4 members (excludes halogenated alkanes) is 1. The third kappa shape index (κ3) is 8.51. The van der Waals surface area contributed by atoms with E-state index in [0.717, 1.165) is 26.3 Å². The Morgan fingerprint density at radius 1 is 0.696 bits per heavy atom. The summed E-state index contributed by atoms with van der Waals surface area (Å²) in [5, 5.41) is 0. The highest BCUT2D eigenvalue weighted by molar-refractivity contribution is 4.67. The van der Waals surface area contributed by atoms with E-state index >= 15 is 0 Å². The topological polar surface area (TPSA) is 21.7 Å². The van der Waals surface area contributed by atoms with E-state index in [2.05, 4.69) is 11.8 Å². The van der Waals surface area contributed by atoms with Crippen molar-refractivity contribution in [3.63, 3.8) is 0 Å². The van der Waals surface area contributed by atoms with Crippen LogP contribution in [0.3, 0.4) is 0 Å². The van der Waals surface area contributed by atoms with E-state index in [9.17, 15) is 0 Å². The Morgan fingerprint density at radius 3 is 1.61 bits per heavy atom. The van der Waals surface area contributed by atoms with E-state index in [-0.39, 0.29) is 0 Å². The molecule has 2 fully saturated rings. The summed E-state index contributed by atoms with van der Waals surface area (Å²) in [6, 6.07) is 0. The first-order valence-electron chi connectivity index (χ1n) is 10.3. The summed E-state index contributed by atoms with van der Waals surface area (Å²) in [4.78, 5) is 2.55. The Kier molecular flexibility index (Phi) is 10.2. The van der Waals surface area contributed by atoms with Crippen molar-refractivity contribution in [3.05, 3.63) is 0 Å². The molecule has 0 heterocycles. The molecule has 0 aromatic heterocycles. The monoisotopic (exact) mass is 325 g/mol. The first kappa shape index (κ1) is 19.2. The predicted molar refractivity (Wildman–Crippen MR) is 97.0 cm³/mol. The Bertz CT molecular complexity index is 249. The lowest BCUT2D eigenvalue weighted by atomic mass is 9.98. The lowest BCUT2D eigenvalue weighted by Gasteiger charge is -2.27. The van der Waals surface area contributed by atoms with Crippen molar-refractivity contribution >= 4 is 0 Å². The molecule has 0 aromatic carbocycles. The zero-order valence-corrected chi connectivity index (χ0v) is 15.4. The molecule has 0 amide bonds. The fourth-order valence-corrected chi connectivity index (χ4v) is 3.88. The molecule has 136 valence electrons. The number of rotatable bonds is 11. The molecule has 2 rings (SSSR count). The van der Waals surface area contributed by atoms with Gasteiger partial charge in [-0.15, -0.1) is 0 Å². The second-order valence-corrected chi connectivity index (χ2v) is 7.46. The van der Waals surface area contributed by atoms with Gasteiger partial charge in [-0.1, -0.05) is 51.9 Å². The smallest absolute Gasteiger partial charge is 0.0597 e. The number of ether oxygens (including phenoxy) is 2. The molecule has 0 radical (unpaired) electrons. The van der Waals surface area contributed by atoms with E-state index in [4.69, 9.17) is 9.47 Å². The molecule has 2 aliphatic carbocycles. The molecule has 0 unspecified atom stereocenters. The van der Waals surface area contributed by atoms with Gasteiger partial charge in [0.05, 0.1) is 25.4 Å². The summed E-state index contributed by atoms with van der Waals surface area (Å²) in [7, 11) is 0. The maximum atomic E-state index is 6.11. The van der Waals surface area contributed by atoms with E-state index in [1.54, 1.807) is 0 Å². The minimum atomic E-state index is 0.537. The molecule has 0 aromatic rings. The molecule has 0 bridgehead atoms. The SMILES string of the molecule is CCCCN(CCOC1CCCCC1)CCOC1CCCCC1. The quantitative estimate of drug-likeness (QED) is 0.545. The van der Waals surface area contributed by atoms with Crippen LogP contribution in [-0.2, 0) is 9.47 Å². The first-order valence-corrected chi connectivity index (χ1v) is 10.3. The minimum absolute atomic E-state index is 0.537. The summed E-state index contributed by atoms with van der Waals surface area (Å²) in [6.07, 6.45) is 17.0. The Hall–Kier alpha value is -0.120. The summed E-state index contributed by atoms with van der Waals surface area (Å²) >= 11 is 0. The molecule has 3 nitrogen and oxygen atoms in total. The molecular formula is C20H39NO2. The number of hydrogen-bond donors (Lipinski definition) is 0. The average molecular weight is 326 g/mol. The first-order chi connectivity index (χ1) is 11.4. The lowest BCUT2D eigenvalue weighted by molar-refractivity contribution is -0.00284. The third-order valence-corrected chi connectivity index (χ3v) is 5.45. The van der Waals surface area contributed by atoms with Crippen LogP contribution in [0.25, 0.3) is 0 Å². The summed E-state index contributed by atoms with van der Waals surface area (Å²) in [6.45, 7) is 7.42. The van der Waals surface area contributed by atoms with Crippen molar-refractivity contribution < 1.29 is 9.47 Å². The zero-order valence-electron chi connectivity index (χ0n) is 15.4. The van der Waals surface area contributed by atoms with Crippen molar-refractivity contribution in [1.29, 1.82) is 0 Å². The molecular weight excluding hydrogens is 286 g/mol. The Balaban J connectivity index is 1.57. The van der Waals surface area contributed by atoms with Crippen molar-refractivity contribution in [3.8, 4) is 0 Å². The molecule has 2 aliphatic rings. The Labute approximate surface area is 144 Å². The van der Waals surface area contributed by atoms with Gasteiger partial charge >= 0.3 is 0 Å². The van der Waals surface area contributed by atoms with Crippen molar-refractivity contribution in [1.82, 2.24) is 4.90 Å². The second-order valence-electron chi connectivity index (χ2n) is 7.46. The van der Waals surface area contributed by atoms with E-state index in [0.29, 0.717) is 12.2 Å². The number of nitrogens with zero attached hydrogens (tertiary/aromatic N) is 1. The van der Waals surface area contributed by atoms with Gasteiger partial charge in [0.2, 0.25) is 0 Å². The standard InChI is InChI=1S/C20H39NO2/c1-2-3-14-21(15-17-22-19-10-6-4-7-11-19)16-18-23-20-12-8-5-9-13-20/h19-20H,2-18H2,1H3. The highest BCUT2D eigenvalue weighted by atomic mass is 16.5. The maximum Gasteiger partial charge on any atom is 0.0597 e. The van der Waals surface area contributed by atoms with Crippen LogP contribution in [0.15, 0.2) is 0 Å². The zero-order chi connectivity index (χ0) is 16.2. The van der Waals surface area contributed by atoms with E-state index in [1.807, 2.05) is 0 Å². The number of hydrogen-bond acceptors (Lipinski definition) is 3. The average Bonchev–Trinajstić information content (AvgIpc) is 2.61. The summed E-state index contributed by atoms with van der Waals surface area (Å²) in [5.74, 6) is 0. The van der Waals surface area contributed by atoms with Gasteiger partial charge in [-0.05, 0) is 38.6 Å².